The third-order valence-corrected chi connectivity index (χ3v) is 6.83. The molecule has 3 N–H and O–H groups in total. The van der Waals surface area contributed by atoms with E-state index in [2.05, 4.69) is 35.2 Å². The van der Waals surface area contributed by atoms with Crippen molar-refractivity contribution in [3.05, 3.63) is 92.3 Å². The average molecular weight is 891 g/mol. The maximum atomic E-state index is 5.48. The number of hydrogen-bond donors (Lipinski definition) is 2. The molecule has 0 amide bonds. The van der Waals surface area contributed by atoms with Gasteiger partial charge < -0.3 is 66.5 Å². The normalized spacial score (nSPS) is 9.60. The van der Waals surface area contributed by atoms with Gasteiger partial charge in [0.1, 0.15) is 0 Å². The van der Waals surface area contributed by atoms with E-state index in [9.17, 15) is 0 Å². The molecule has 0 aliphatic heterocycles. The monoisotopic (exact) mass is 891 g/mol. The van der Waals surface area contributed by atoms with Crippen LogP contribution in [0.3, 0.4) is 0 Å². The Kier molecular flexibility index (Phi) is 21.9. The molecule has 259 valence electrons. The van der Waals surface area contributed by atoms with Crippen molar-refractivity contribution in [2.24, 2.45) is 33.9 Å². The molecule has 0 spiro atoms. The molecule has 0 saturated carbocycles. The van der Waals surface area contributed by atoms with Gasteiger partial charge in [0.2, 0.25) is 0 Å². The zero-order valence-electron chi connectivity index (χ0n) is 27.4. The molecule has 0 aliphatic rings. The van der Waals surface area contributed by atoms with E-state index in [1.54, 1.807) is 31.0 Å². The second-order valence-corrected chi connectivity index (χ2v) is 10.2. The number of pyridine rings is 2. The van der Waals surface area contributed by atoms with Crippen LogP contribution in [0.1, 0.15) is 25.7 Å². The van der Waals surface area contributed by atoms with Gasteiger partial charge in [-0.25, -0.2) is 19.9 Å². The number of imidazole rings is 4. The van der Waals surface area contributed by atoms with Gasteiger partial charge in [-0.3, -0.25) is 9.97 Å². The van der Waals surface area contributed by atoms with Crippen LogP contribution in [-0.4, -0.2) is 61.3 Å². The van der Waals surface area contributed by atoms with Crippen LogP contribution in [-0.2, 0) is 48.0 Å². The molecule has 0 unspecified atom stereocenters. The van der Waals surface area contributed by atoms with Gasteiger partial charge in [0.25, 0.3) is 0 Å². The van der Waals surface area contributed by atoms with Gasteiger partial charge in [-0.05, 0) is 43.7 Å². The van der Waals surface area contributed by atoms with Crippen LogP contribution < -0.4 is 48.3 Å². The number of unbranched alkanes of at least 4 members (excludes halogenated alkanes) is 3. The molecular formula is C32H42Cl3N12Os. The largest absolute Gasteiger partial charge is 3.00 e. The minimum atomic E-state index is 0. The molecule has 0 aromatic carbocycles. The van der Waals surface area contributed by atoms with Crippen LogP contribution in [0, 0.1) is 0 Å². The Labute approximate surface area is 314 Å². The summed E-state index contributed by atoms with van der Waals surface area (Å²) in [4.78, 5) is 25.5. The SMILES string of the molecule is Cn1ccnc1-c1nccn1C.Cn1ccnc1-c1nccn1C.NCCCCCCNc1ccnc(-c2ccccn2)c1.[Cl-].[Cl-].[Cl-].[Os+3]. The van der Waals surface area contributed by atoms with Crippen molar-refractivity contribution in [1.82, 2.24) is 48.2 Å². The summed E-state index contributed by atoms with van der Waals surface area (Å²) in [7, 11) is 7.82. The third kappa shape index (κ3) is 13.1. The zero-order chi connectivity index (χ0) is 31.1. The fourth-order valence-electron chi connectivity index (χ4n) is 4.37. The summed E-state index contributed by atoms with van der Waals surface area (Å²) >= 11 is 0. The van der Waals surface area contributed by atoms with Crippen molar-refractivity contribution in [1.29, 1.82) is 0 Å². The maximum absolute atomic E-state index is 5.48. The number of nitrogens with one attached hydrogen (secondary N) is 1. The first-order valence-corrected chi connectivity index (χ1v) is 14.7. The Morgan fingerprint density at radius 2 is 1.00 bits per heavy atom. The number of anilines is 1. The second-order valence-electron chi connectivity index (χ2n) is 10.2. The van der Waals surface area contributed by atoms with E-state index in [4.69, 9.17) is 5.73 Å². The van der Waals surface area contributed by atoms with E-state index in [1.807, 2.05) is 108 Å². The van der Waals surface area contributed by atoms with E-state index in [1.165, 1.54) is 19.3 Å². The smallest absolute Gasteiger partial charge is 1.00 e. The van der Waals surface area contributed by atoms with E-state index in [0.717, 1.165) is 59.9 Å². The molecule has 0 atom stereocenters. The van der Waals surface area contributed by atoms with Crippen molar-refractivity contribution in [3.63, 3.8) is 0 Å². The summed E-state index contributed by atoms with van der Waals surface area (Å²) in [6.07, 6.45) is 23.0. The van der Waals surface area contributed by atoms with Crippen molar-refractivity contribution in [2.75, 3.05) is 18.4 Å². The molecule has 6 aromatic rings. The van der Waals surface area contributed by atoms with Crippen LogP contribution in [0.5, 0.6) is 0 Å². The number of aromatic nitrogens is 10. The van der Waals surface area contributed by atoms with Crippen molar-refractivity contribution in [2.45, 2.75) is 25.7 Å². The first kappa shape index (κ1) is 44.4. The van der Waals surface area contributed by atoms with Crippen molar-refractivity contribution >= 4 is 5.69 Å². The Morgan fingerprint density at radius 3 is 1.40 bits per heavy atom. The second kappa shape index (κ2) is 23.7. The van der Waals surface area contributed by atoms with Crippen LogP contribution in [0.15, 0.2) is 92.3 Å². The fourth-order valence-corrected chi connectivity index (χ4v) is 4.37. The predicted molar refractivity (Wildman–Crippen MR) is 174 cm³/mol. The molecule has 12 nitrogen and oxygen atoms in total. The number of rotatable bonds is 10. The van der Waals surface area contributed by atoms with Gasteiger partial charge in [-0.1, -0.05) is 18.9 Å². The molecule has 16 heteroatoms. The van der Waals surface area contributed by atoms with E-state index in [-0.39, 0.29) is 57.0 Å². The number of hydrogen-bond acceptors (Lipinski definition) is 8. The summed E-state index contributed by atoms with van der Waals surface area (Å²) in [5.41, 5.74) is 8.38. The molecule has 0 saturated heterocycles. The van der Waals surface area contributed by atoms with E-state index >= 15 is 0 Å². The molecule has 1 radical (unpaired) electrons. The molecule has 6 heterocycles. The summed E-state index contributed by atoms with van der Waals surface area (Å²) in [5.74, 6) is 3.56. The predicted octanol–water partition coefficient (Wildman–Crippen LogP) is -4.27. The van der Waals surface area contributed by atoms with Crippen molar-refractivity contribution in [3.8, 4) is 34.7 Å². The molecule has 0 aliphatic carbocycles. The first-order chi connectivity index (χ1) is 21.5. The van der Waals surface area contributed by atoms with E-state index in [0.29, 0.717) is 0 Å². The number of halogens is 3. The quantitative estimate of drug-likeness (QED) is 0.132. The number of nitrogens with two attached hydrogens (primary N) is 1. The molecule has 6 aromatic heterocycles. The van der Waals surface area contributed by atoms with Gasteiger partial charge >= 0.3 is 19.8 Å². The summed E-state index contributed by atoms with van der Waals surface area (Å²) in [6, 6.07) is 9.89. The molecule has 0 fully saturated rings. The van der Waals surface area contributed by atoms with Gasteiger partial charge in [0, 0.05) is 102 Å². The summed E-state index contributed by atoms with van der Waals surface area (Å²) < 4.78 is 7.79. The molecule has 48 heavy (non-hydrogen) atoms. The van der Waals surface area contributed by atoms with Crippen LogP contribution >= 0.6 is 0 Å². The number of aryl methyl sites for hydroxylation is 4. The van der Waals surface area contributed by atoms with Crippen LogP contribution in [0.2, 0.25) is 0 Å². The van der Waals surface area contributed by atoms with Gasteiger partial charge in [-0.15, -0.1) is 0 Å². The minimum absolute atomic E-state index is 0. The summed E-state index contributed by atoms with van der Waals surface area (Å²) in [5, 5.41) is 3.43. The average Bonchev–Trinajstić information content (AvgIpc) is 3.86. The van der Waals surface area contributed by atoms with Gasteiger partial charge in [-0.2, -0.15) is 0 Å². The Bertz CT molecular complexity index is 1530. The molecule has 6 rings (SSSR count). The topological polar surface area (TPSA) is 135 Å². The minimum Gasteiger partial charge on any atom is -1.00 e. The summed E-state index contributed by atoms with van der Waals surface area (Å²) in [6.45, 7) is 1.78. The third-order valence-electron chi connectivity index (χ3n) is 6.83. The van der Waals surface area contributed by atoms with Crippen LogP contribution in [0.4, 0.5) is 5.69 Å². The van der Waals surface area contributed by atoms with Crippen molar-refractivity contribution < 1.29 is 57.0 Å². The maximum Gasteiger partial charge on any atom is 3.00 e. The number of nitrogens with zero attached hydrogens (tertiary/aromatic N) is 10. The standard InChI is InChI=1S/C16H22N4.2C8H10N4.3ClH.Os/c17-9-4-1-2-5-10-18-14-8-12-20-16(13-14)15-7-3-6-11-19-15;2*1-11-5-3-9-7(11)8-10-4-6-12(8)2;;;;/h3,6-8,11-13H,1-2,4-5,9-10,17H2,(H,18,20);2*3-6H,1-2H3;3*1H;/q;;;;;;+3/p-3. The Balaban J connectivity index is 0.000000692. The Morgan fingerprint density at radius 1 is 0.542 bits per heavy atom. The van der Waals surface area contributed by atoms with Gasteiger partial charge in [0.05, 0.1) is 11.4 Å². The van der Waals surface area contributed by atoms with E-state index < -0.39 is 0 Å². The first-order valence-electron chi connectivity index (χ1n) is 14.7. The zero-order valence-corrected chi connectivity index (χ0v) is 32.2. The molecular weight excluding hydrogens is 849 g/mol. The molecule has 0 bridgehead atoms. The van der Waals surface area contributed by atoms with Gasteiger partial charge in [0.15, 0.2) is 23.3 Å². The Hall–Kier alpha value is -3.59. The van der Waals surface area contributed by atoms with Crippen LogP contribution in [0.25, 0.3) is 34.7 Å². The fraction of sp³-hybridized carbons (Fsp3) is 0.312.